The number of imidazole rings is 1. The third-order valence-electron chi connectivity index (χ3n) is 3.34. The Morgan fingerprint density at radius 3 is 3.00 bits per heavy atom. The minimum Gasteiger partial charge on any atom is -0.331 e. The molecule has 1 aliphatic heterocycles. The van der Waals surface area contributed by atoms with E-state index >= 15 is 0 Å². The third kappa shape index (κ3) is 3.32. The zero-order chi connectivity index (χ0) is 13.2. The molecule has 0 aliphatic carbocycles. The van der Waals surface area contributed by atoms with Gasteiger partial charge in [0.15, 0.2) is 9.84 Å². The fourth-order valence-electron chi connectivity index (χ4n) is 2.37. The van der Waals surface area contributed by atoms with Gasteiger partial charge in [-0.3, -0.25) is 0 Å². The Morgan fingerprint density at radius 2 is 2.33 bits per heavy atom. The standard InChI is InChI=1S/C12H21N3O2S/c1-10(2)15-9-13-6-12(15)7-14-11-4-3-5-18(16,17)8-11/h6,9-11,14H,3-5,7-8H2,1-2H3. The van der Waals surface area contributed by atoms with Crippen molar-refractivity contribution in [3.8, 4) is 0 Å². The lowest BCUT2D eigenvalue weighted by molar-refractivity contribution is 0.464. The van der Waals surface area contributed by atoms with Crippen LogP contribution in [0.5, 0.6) is 0 Å². The highest BCUT2D eigenvalue weighted by atomic mass is 32.2. The van der Waals surface area contributed by atoms with Crippen LogP contribution in [-0.4, -0.2) is 35.5 Å². The molecular formula is C12H21N3O2S. The van der Waals surface area contributed by atoms with Crippen LogP contribution in [0.4, 0.5) is 0 Å². The van der Waals surface area contributed by atoms with Crippen LogP contribution in [0.3, 0.4) is 0 Å². The number of rotatable bonds is 4. The van der Waals surface area contributed by atoms with E-state index in [1.807, 2.05) is 12.5 Å². The topological polar surface area (TPSA) is 64.0 Å². The molecule has 1 N–H and O–H groups in total. The van der Waals surface area contributed by atoms with E-state index in [1.165, 1.54) is 0 Å². The van der Waals surface area contributed by atoms with Crippen LogP contribution in [-0.2, 0) is 16.4 Å². The molecule has 0 aromatic carbocycles. The molecule has 0 spiro atoms. The van der Waals surface area contributed by atoms with E-state index < -0.39 is 9.84 Å². The van der Waals surface area contributed by atoms with E-state index in [4.69, 9.17) is 0 Å². The Labute approximate surface area is 109 Å². The third-order valence-corrected chi connectivity index (χ3v) is 5.16. The highest BCUT2D eigenvalue weighted by molar-refractivity contribution is 7.91. The summed E-state index contributed by atoms with van der Waals surface area (Å²) in [6.07, 6.45) is 5.36. The SMILES string of the molecule is CC(C)n1cncc1CNC1CCCS(=O)(=O)C1. The highest BCUT2D eigenvalue weighted by Gasteiger charge is 2.24. The number of hydrogen-bond acceptors (Lipinski definition) is 4. The van der Waals surface area contributed by atoms with E-state index in [-0.39, 0.29) is 11.8 Å². The molecule has 1 atom stereocenters. The van der Waals surface area contributed by atoms with Crippen molar-refractivity contribution in [1.82, 2.24) is 14.9 Å². The van der Waals surface area contributed by atoms with E-state index in [9.17, 15) is 8.42 Å². The Bertz CT molecular complexity index is 493. The second-order valence-corrected chi connectivity index (χ2v) is 7.45. The van der Waals surface area contributed by atoms with Gasteiger partial charge in [0.25, 0.3) is 0 Å². The Morgan fingerprint density at radius 1 is 1.56 bits per heavy atom. The normalized spacial score (nSPS) is 23.4. The van der Waals surface area contributed by atoms with Gasteiger partial charge in [0.05, 0.1) is 23.5 Å². The molecule has 0 saturated carbocycles. The summed E-state index contributed by atoms with van der Waals surface area (Å²) in [4.78, 5) is 4.14. The van der Waals surface area contributed by atoms with Crippen LogP contribution in [0.15, 0.2) is 12.5 Å². The van der Waals surface area contributed by atoms with Gasteiger partial charge in [-0.2, -0.15) is 0 Å². The van der Waals surface area contributed by atoms with Crippen LogP contribution >= 0.6 is 0 Å². The van der Waals surface area contributed by atoms with Crippen molar-refractivity contribution >= 4 is 9.84 Å². The summed E-state index contributed by atoms with van der Waals surface area (Å²) in [5.41, 5.74) is 1.10. The predicted octanol–water partition coefficient (Wildman–Crippen LogP) is 1.13. The molecule has 6 heteroatoms. The maximum Gasteiger partial charge on any atom is 0.151 e. The van der Waals surface area contributed by atoms with Crippen molar-refractivity contribution in [3.63, 3.8) is 0 Å². The first-order valence-corrected chi connectivity index (χ1v) is 8.24. The van der Waals surface area contributed by atoms with Crippen molar-refractivity contribution in [1.29, 1.82) is 0 Å². The van der Waals surface area contributed by atoms with Crippen LogP contribution in [0, 0.1) is 0 Å². The number of sulfone groups is 1. The molecule has 0 amide bonds. The number of hydrogen-bond donors (Lipinski definition) is 1. The molecule has 1 aromatic heterocycles. The van der Waals surface area contributed by atoms with E-state index in [0.717, 1.165) is 18.5 Å². The molecule has 5 nitrogen and oxygen atoms in total. The summed E-state index contributed by atoms with van der Waals surface area (Å²) >= 11 is 0. The molecule has 2 rings (SSSR count). The molecule has 0 radical (unpaired) electrons. The average molecular weight is 271 g/mol. The summed E-state index contributed by atoms with van der Waals surface area (Å²) in [6.45, 7) is 4.89. The first-order chi connectivity index (χ1) is 8.48. The molecule has 18 heavy (non-hydrogen) atoms. The first-order valence-electron chi connectivity index (χ1n) is 6.42. The lowest BCUT2D eigenvalue weighted by Crippen LogP contribution is -2.40. The van der Waals surface area contributed by atoms with Crippen LogP contribution in [0.2, 0.25) is 0 Å². The summed E-state index contributed by atoms with van der Waals surface area (Å²) in [7, 11) is -2.83. The minimum absolute atomic E-state index is 0.0827. The van der Waals surface area contributed by atoms with Crippen LogP contribution in [0.25, 0.3) is 0 Å². The number of aromatic nitrogens is 2. The largest absolute Gasteiger partial charge is 0.331 e. The average Bonchev–Trinajstić information content (AvgIpc) is 2.73. The molecule has 102 valence electrons. The fraction of sp³-hybridized carbons (Fsp3) is 0.750. The van der Waals surface area contributed by atoms with Crippen molar-refractivity contribution in [2.24, 2.45) is 0 Å². The molecule has 1 saturated heterocycles. The van der Waals surface area contributed by atoms with Gasteiger partial charge in [0.2, 0.25) is 0 Å². The van der Waals surface area contributed by atoms with Crippen LogP contribution < -0.4 is 5.32 Å². The van der Waals surface area contributed by atoms with Crippen molar-refractivity contribution in [3.05, 3.63) is 18.2 Å². The van der Waals surface area contributed by atoms with Gasteiger partial charge < -0.3 is 9.88 Å². The van der Waals surface area contributed by atoms with E-state index in [2.05, 4.69) is 28.7 Å². The van der Waals surface area contributed by atoms with Gasteiger partial charge in [-0.1, -0.05) is 0 Å². The summed E-state index contributed by atoms with van der Waals surface area (Å²) in [5, 5.41) is 3.33. The lowest BCUT2D eigenvalue weighted by Gasteiger charge is -2.23. The smallest absolute Gasteiger partial charge is 0.151 e. The zero-order valence-corrected chi connectivity index (χ0v) is 11.8. The van der Waals surface area contributed by atoms with Gasteiger partial charge in [0.1, 0.15) is 0 Å². The van der Waals surface area contributed by atoms with Crippen molar-refractivity contribution < 1.29 is 8.42 Å². The second-order valence-electron chi connectivity index (χ2n) is 5.22. The number of nitrogens with one attached hydrogen (secondary N) is 1. The summed E-state index contributed by atoms with van der Waals surface area (Å²) in [5.74, 6) is 0.609. The predicted molar refractivity (Wildman–Crippen MR) is 71.1 cm³/mol. The van der Waals surface area contributed by atoms with E-state index in [1.54, 1.807) is 0 Å². The van der Waals surface area contributed by atoms with Crippen molar-refractivity contribution in [2.45, 2.75) is 45.3 Å². The summed E-state index contributed by atoms with van der Waals surface area (Å²) in [6, 6.07) is 0.457. The van der Waals surface area contributed by atoms with Gasteiger partial charge in [-0.05, 0) is 26.7 Å². The second kappa shape index (κ2) is 5.40. The zero-order valence-electron chi connectivity index (χ0n) is 11.0. The fourth-order valence-corrected chi connectivity index (χ4v) is 4.04. The monoisotopic (exact) mass is 271 g/mol. The van der Waals surface area contributed by atoms with Gasteiger partial charge in [0, 0.05) is 24.8 Å². The molecule has 1 aromatic rings. The lowest BCUT2D eigenvalue weighted by atomic mass is 10.2. The Kier molecular flexibility index (Phi) is 4.07. The molecular weight excluding hydrogens is 250 g/mol. The van der Waals surface area contributed by atoms with E-state index in [0.29, 0.717) is 18.3 Å². The minimum atomic E-state index is -2.83. The molecule has 1 fully saturated rings. The summed E-state index contributed by atoms with van der Waals surface area (Å²) < 4.78 is 25.2. The number of nitrogens with zero attached hydrogens (tertiary/aromatic N) is 2. The molecule has 2 heterocycles. The van der Waals surface area contributed by atoms with Crippen LogP contribution in [0.1, 0.15) is 38.4 Å². The molecule has 1 aliphatic rings. The maximum atomic E-state index is 11.5. The quantitative estimate of drug-likeness (QED) is 0.891. The first kappa shape index (κ1) is 13.5. The van der Waals surface area contributed by atoms with Gasteiger partial charge in [-0.15, -0.1) is 0 Å². The van der Waals surface area contributed by atoms with Gasteiger partial charge in [-0.25, -0.2) is 13.4 Å². The van der Waals surface area contributed by atoms with Gasteiger partial charge >= 0.3 is 0 Å². The molecule has 1 unspecified atom stereocenters. The Balaban J connectivity index is 1.93. The Hall–Kier alpha value is -0.880. The highest BCUT2D eigenvalue weighted by Crippen LogP contribution is 2.14. The van der Waals surface area contributed by atoms with Crippen molar-refractivity contribution in [2.75, 3.05) is 11.5 Å². The maximum absolute atomic E-state index is 11.5. The molecule has 0 bridgehead atoms.